The van der Waals surface area contributed by atoms with Crippen LogP contribution in [0.1, 0.15) is 57.2 Å². The van der Waals surface area contributed by atoms with E-state index >= 15 is 0 Å². The zero-order chi connectivity index (χ0) is 28.6. The first-order valence-electron chi connectivity index (χ1n) is 15.2. The lowest BCUT2D eigenvalue weighted by Gasteiger charge is -2.35. The molecule has 3 saturated heterocycles. The van der Waals surface area contributed by atoms with E-state index < -0.39 is 6.43 Å². The number of nitrogens with zero attached hydrogens (tertiary/aromatic N) is 7. The minimum Gasteiger partial charge on any atom is -0.474 e. The molecule has 1 atom stereocenters. The predicted octanol–water partition coefficient (Wildman–Crippen LogP) is 3.98. The summed E-state index contributed by atoms with van der Waals surface area (Å²) in [6, 6.07) is 8.99. The van der Waals surface area contributed by atoms with Gasteiger partial charge in [-0.25, -0.2) is 13.8 Å². The monoisotopic (exact) mass is 581 g/mol. The molecule has 1 unspecified atom stereocenters. The third-order valence-electron chi connectivity index (χ3n) is 9.15. The van der Waals surface area contributed by atoms with Crippen LogP contribution in [0.25, 0.3) is 16.9 Å². The van der Waals surface area contributed by atoms with E-state index in [0.29, 0.717) is 60.9 Å². The number of fused-ring (bicyclic) bond motifs is 1. The number of para-hydroxylation sites is 2. The molecule has 0 radical (unpaired) electrons. The van der Waals surface area contributed by atoms with E-state index in [1.807, 2.05) is 4.90 Å². The van der Waals surface area contributed by atoms with Crippen LogP contribution in [-0.4, -0.2) is 99.4 Å². The summed E-state index contributed by atoms with van der Waals surface area (Å²) in [7, 11) is 0. The van der Waals surface area contributed by atoms with Crippen molar-refractivity contribution in [2.45, 2.75) is 69.6 Å². The zero-order valence-corrected chi connectivity index (χ0v) is 23.7. The number of likely N-dealkylation sites (tertiary alicyclic amines) is 2. The van der Waals surface area contributed by atoms with Crippen molar-refractivity contribution in [3.8, 4) is 11.7 Å². The van der Waals surface area contributed by atoms with Crippen molar-refractivity contribution in [3.63, 3.8) is 0 Å². The van der Waals surface area contributed by atoms with Gasteiger partial charge in [-0.15, -0.1) is 0 Å². The van der Waals surface area contributed by atoms with Crippen LogP contribution in [0.5, 0.6) is 5.88 Å². The van der Waals surface area contributed by atoms with Crippen LogP contribution in [0.3, 0.4) is 0 Å². The maximum atomic E-state index is 14.2. The second-order valence-corrected chi connectivity index (χ2v) is 11.7. The lowest BCUT2D eigenvalue weighted by Crippen LogP contribution is -2.45. The molecule has 10 nitrogen and oxygen atoms in total. The van der Waals surface area contributed by atoms with E-state index in [-0.39, 0.29) is 24.0 Å². The van der Waals surface area contributed by atoms with Gasteiger partial charge in [-0.1, -0.05) is 12.1 Å². The molecule has 1 amide bonds. The molecule has 4 fully saturated rings. The molecule has 7 rings (SSSR count). The number of aromatic nitrogens is 4. The Morgan fingerprint density at radius 3 is 2.43 bits per heavy atom. The number of carbonyl (C=O) groups is 1. The number of hydrogen-bond acceptors (Lipinski definition) is 8. The van der Waals surface area contributed by atoms with Gasteiger partial charge in [-0.2, -0.15) is 9.97 Å². The molecule has 0 N–H and O–H groups in total. The number of alkyl halides is 2. The highest BCUT2D eigenvalue weighted by molar-refractivity contribution is 5.84. The van der Waals surface area contributed by atoms with Crippen LogP contribution < -0.4 is 9.64 Å². The number of hydrogen-bond donors (Lipinski definition) is 0. The summed E-state index contributed by atoms with van der Waals surface area (Å²) in [5, 5.41) is 0. The number of ether oxygens (including phenoxy) is 2. The number of morpholine rings is 1. The van der Waals surface area contributed by atoms with Gasteiger partial charge in [-0.05, 0) is 70.2 Å². The third-order valence-corrected chi connectivity index (χ3v) is 9.15. The van der Waals surface area contributed by atoms with Crippen molar-refractivity contribution in [3.05, 3.63) is 36.2 Å². The van der Waals surface area contributed by atoms with Crippen molar-refractivity contribution in [2.24, 2.45) is 0 Å². The average molecular weight is 582 g/mol. The molecule has 5 heterocycles. The molecule has 3 aliphatic heterocycles. The zero-order valence-electron chi connectivity index (χ0n) is 23.7. The Bertz CT molecular complexity index is 1420. The van der Waals surface area contributed by atoms with Crippen LogP contribution in [0.4, 0.5) is 14.7 Å². The SMILES string of the molecule is O=C1C(N2CCCC2)CCN1C1CCC(Oc2cc(-n3c(C(F)F)nc4ccccc43)nc(N3CCOCC3)n2)CC1. The lowest BCUT2D eigenvalue weighted by molar-refractivity contribution is -0.134. The molecule has 0 bridgehead atoms. The molecular formula is C30H37F2N7O3. The number of carbonyl (C=O) groups excluding carboxylic acids is 1. The van der Waals surface area contributed by atoms with E-state index in [4.69, 9.17) is 19.4 Å². The highest BCUT2D eigenvalue weighted by atomic mass is 19.3. The maximum Gasteiger partial charge on any atom is 0.296 e. The van der Waals surface area contributed by atoms with Crippen LogP contribution in [0.15, 0.2) is 30.3 Å². The van der Waals surface area contributed by atoms with Gasteiger partial charge in [-0.3, -0.25) is 14.3 Å². The molecule has 12 heteroatoms. The first-order chi connectivity index (χ1) is 20.5. The third kappa shape index (κ3) is 5.30. The van der Waals surface area contributed by atoms with Gasteiger partial charge in [0.2, 0.25) is 17.7 Å². The summed E-state index contributed by atoms with van der Waals surface area (Å²) in [5.74, 6) is 1.01. The van der Waals surface area contributed by atoms with Crippen molar-refractivity contribution >= 4 is 22.9 Å². The quantitative estimate of drug-likeness (QED) is 0.414. The second-order valence-electron chi connectivity index (χ2n) is 11.7. The number of halogens is 2. The molecule has 1 aromatic carbocycles. The standard InChI is InChI=1S/C30H37F2N7O3/c31-27(32)28-33-22-5-1-2-6-23(22)39(28)25-19-26(35-30(34-25)37-15-17-41-18-16-37)42-21-9-7-20(8-10-21)38-14-11-24(29(38)40)36-12-3-4-13-36/h1-2,5-6,19-21,24,27H,3-4,7-18H2. The number of amides is 1. The molecule has 0 spiro atoms. The van der Waals surface area contributed by atoms with Gasteiger partial charge in [0, 0.05) is 31.7 Å². The second kappa shape index (κ2) is 11.7. The Hall–Kier alpha value is -3.38. The van der Waals surface area contributed by atoms with E-state index in [1.165, 1.54) is 17.4 Å². The normalized spacial score (nSPS) is 25.7. The highest BCUT2D eigenvalue weighted by Crippen LogP contribution is 2.33. The van der Waals surface area contributed by atoms with Crippen molar-refractivity contribution < 1.29 is 23.0 Å². The van der Waals surface area contributed by atoms with Gasteiger partial charge < -0.3 is 19.3 Å². The summed E-state index contributed by atoms with van der Waals surface area (Å²) in [6.07, 6.45) is 3.77. The molecule has 1 aliphatic carbocycles. The predicted molar refractivity (Wildman–Crippen MR) is 152 cm³/mol. The fourth-order valence-corrected chi connectivity index (χ4v) is 7.00. The van der Waals surface area contributed by atoms with Crippen LogP contribution in [0, 0.1) is 0 Å². The average Bonchev–Trinajstić information content (AvgIpc) is 3.77. The van der Waals surface area contributed by atoms with E-state index in [2.05, 4.69) is 14.8 Å². The minimum absolute atomic E-state index is 0.0527. The molecule has 4 aliphatic rings. The number of rotatable bonds is 7. The molecular weight excluding hydrogens is 544 g/mol. The Kier molecular flexibility index (Phi) is 7.66. The Morgan fingerprint density at radius 2 is 1.67 bits per heavy atom. The molecule has 3 aromatic rings. The molecule has 1 saturated carbocycles. The van der Waals surface area contributed by atoms with Crippen molar-refractivity contribution in [2.75, 3.05) is 50.8 Å². The molecule has 2 aromatic heterocycles. The summed E-state index contributed by atoms with van der Waals surface area (Å²) < 4.78 is 41.7. The van der Waals surface area contributed by atoms with Gasteiger partial charge >= 0.3 is 0 Å². The highest BCUT2D eigenvalue weighted by Gasteiger charge is 2.41. The van der Waals surface area contributed by atoms with Crippen LogP contribution in [0.2, 0.25) is 0 Å². The van der Waals surface area contributed by atoms with Crippen molar-refractivity contribution in [1.82, 2.24) is 29.3 Å². The van der Waals surface area contributed by atoms with E-state index in [9.17, 15) is 13.6 Å². The Labute approximate surface area is 243 Å². The van der Waals surface area contributed by atoms with Crippen LogP contribution in [-0.2, 0) is 9.53 Å². The smallest absolute Gasteiger partial charge is 0.296 e. The lowest BCUT2D eigenvalue weighted by atomic mass is 9.92. The van der Waals surface area contributed by atoms with Gasteiger partial charge in [0.1, 0.15) is 11.9 Å². The molecule has 224 valence electrons. The Balaban J connectivity index is 1.11. The van der Waals surface area contributed by atoms with Gasteiger partial charge in [0.15, 0.2) is 5.82 Å². The maximum absolute atomic E-state index is 14.2. The Morgan fingerprint density at radius 1 is 0.905 bits per heavy atom. The topological polar surface area (TPSA) is 88.9 Å². The number of benzene rings is 1. The summed E-state index contributed by atoms with van der Waals surface area (Å²) in [6.45, 7) is 5.18. The largest absolute Gasteiger partial charge is 0.474 e. The van der Waals surface area contributed by atoms with Crippen molar-refractivity contribution in [1.29, 1.82) is 0 Å². The molecule has 42 heavy (non-hydrogen) atoms. The number of anilines is 1. The van der Waals surface area contributed by atoms with E-state index in [1.54, 1.807) is 30.3 Å². The van der Waals surface area contributed by atoms with Gasteiger partial charge in [0.25, 0.3) is 6.43 Å². The van der Waals surface area contributed by atoms with E-state index in [0.717, 1.165) is 51.7 Å². The number of imidazole rings is 1. The first kappa shape index (κ1) is 27.5. The minimum atomic E-state index is -2.78. The summed E-state index contributed by atoms with van der Waals surface area (Å²) in [5.41, 5.74) is 1.02. The van der Waals surface area contributed by atoms with Crippen LogP contribution >= 0.6 is 0 Å². The fraction of sp³-hybridized carbons (Fsp3) is 0.600. The summed E-state index contributed by atoms with van der Waals surface area (Å²) in [4.78, 5) is 33.3. The van der Waals surface area contributed by atoms with Gasteiger partial charge in [0.05, 0.1) is 30.3 Å². The summed E-state index contributed by atoms with van der Waals surface area (Å²) >= 11 is 0. The fourth-order valence-electron chi connectivity index (χ4n) is 7.00. The first-order valence-corrected chi connectivity index (χ1v) is 15.2.